The van der Waals surface area contributed by atoms with Crippen LogP contribution in [-0.2, 0) is 9.47 Å². The van der Waals surface area contributed by atoms with Crippen LogP contribution in [0.2, 0.25) is 0 Å². The molecule has 0 aliphatic carbocycles. The molecule has 0 aliphatic heterocycles. The lowest BCUT2D eigenvalue weighted by Gasteiger charge is -2.05. The molecule has 0 spiro atoms. The minimum Gasteiger partial charge on any atom is -0.352 e. The SMILES string of the molecule is C=C/C=C/C(OC)OC. The number of ether oxygens (including phenoxy) is 2. The number of hydrogen-bond donors (Lipinski definition) is 0. The van der Waals surface area contributed by atoms with Gasteiger partial charge in [0.15, 0.2) is 6.29 Å². The molecule has 0 fully saturated rings. The lowest BCUT2D eigenvalue weighted by Crippen LogP contribution is -2.08. The predicted molar refractivity (Wildman–Crippen MR) is 37.1 cm³/mol. The summed E-state index contributed by atoms with van der Waals surface area (Å²) in [6.07, 6.45) is 4.97. The first kappa shape index (κ1) is 8.40. The maximum atomic E-state index is 4.84. The molecule has 52 valence electrons. The fourth-order valence-corrected chi connectivity index (χ4v) is 0.423. The Bertz CT molecular complexity index is 93.1. The van der Waals surface area contributed by atoms with Gasteiger partial charge >= 0.3 is 0 Å². The molecule has 0 aromatic rings. The standard InChI is InChI=1S/C7H12O2/c1-4-5-6-7(8-2)9-3/h4-7H,1H2,2-3H3/b6-5+. The third-order valence-corrected chi connectivity index (χ3v) is 0.869. The van der Waals surface area contributed by atoms with Gasteiger partial charge in [-0.05, 0) is 6.08 Å². The Labute approximate surface area is 55.8 Å². The van der Waals surface area contributed by atoms with Crippen LogP contribution in [0.25, 0.3) is 0 Å². The first-order valence-corrected chi connectivity index (χ1v) is 2.70. The van der Waals surface area contributed by atoms with E-state index in [2.05, 4.69) is 6.58 Å². The number of rotatable bonds is 4. The van der Waals surface area contributed by atoms with E-state index in [1.807, 2.05) is 0 Å². The van der Waals surface area contributed by atoms with Gasteiger partial charge in [-0.2, -0.15) is 0 Å². The lowest BCUT2D eigenvalue weighted by molar-refractivity contribution is -0.0666. The summed E-state index contributed by atoms with van der Waals surface area (Å²) in [7, 11) is 3.17. The minimum atomic E-state index is -0.247. The van der Waals surface area contributed by atoms with Gasteiger partial charge in [0, 0.05) is 14.2 Å². The van der Waals surface area contributed by atoms with E-state index in [0.717, 1.165) is 0 Å². The molecule has 0 amide bonds. The summed E-state index contributed by atoms with van der Waals surface area (Å²) in [6.45, 7) is 3.50. The molecule has 0 aliphatic rings. The van der Waals surface area contributed by atoms with Crippen molar-refractivity contribution in [2.24, 2.45) is 0 Å². The molecule has 0 unspecified atom stereocenters. The number of allylic oxidation sites excluding steroid dienone is 2. The van der Waals surface area contributed by atoms with E-state index >= 15 is 0 Å². The van der Waals surface area contributed by atoms with Crippen LogP contribution >= 0.6 is 0 Å². The second-order valence-electron chi connectivity index (χ2n) is 1.46. The summed E-state index contributed by atoms with van der Waals surface area (Å²) in [5, 5.41) is 0. The van der Waals surface area contributed by atoms with Crippen LogP contribution in [0.5, 0.6) is 0 Å². The fraction of sp³-hybridized carbons (Fsp3) is 0.429. The van der Waals surface area contributed by atoms with Crippen molar-refractivity contribution in [2.75, 3.05) is 14.2 Å². The van der Waals surface area contributed by atoms with E-state index in [4.69, 9.17) is 9.47 Å². The summed E-state index contributed by atoms with van der Waals surface area (Å²) in [5.41, 5.74) is 0. The van der Waals surface area contributed by atoms with E-state index in [0.29, 0.717) is 0 Å². The Morgan fingerprint density at radius 1 is 1.33 bits per heavy atom. The molecule has 0 rings (SSSR count). The van der Waals surface area contributed by atoms with Gasteiger partial charge in [0.1, 0.15) is 0 Å². The van der Waals surface area contributed by atoms with Gasteiger partial charge < -0.3 is 9.47 Å². The summed E-state index contributed by atoms with van der Waals surface area (Å²) in [6, 6.07) is 0. The van der Waals surface area contributed by atoms with Crippen LogP contribution < -0.4 is 0 Å². The Kier molecular flexibility index (Phi) is 5.17. The van der Waals surface area contributed by atoms with E-state index in [1.54, 1.807) is 32.4 Å². The molecule has 0 N–H and O–H groups in total. The Hall–Kier alpha value is -0.600. The minimum absolute atomic E-state index is 0.247. The summed E-state index contributed by atoms with van der Waals surface area (Å²) < 4.78 is 9.69. The molecule has 2 nitrogen and oxygen atoms in total. The van der Waals surface area contributed by atoms with Crippen molar-refractivity contribution in [3.8, 4) is 0 Å². The van der Waals surface area contributed by atoms with Gasteiger partial charge in [0.2, 0.25) is 0 Å². The lowest BCUT2D eigenvalue weighted by atomic mass is 10.5. The molecule has 0 aromatic carbocycles. The summed E-state index contributed by atoms with van der Waals surface area (Å²) in [4.78, 5) is 0. The molecule has 0 atom stereocenters. The van der Waals surface area contributed by atoms with Gasteiger partial charge in [-0.3, -0.25) is 0 Å². The third kappa shape index (κ3) is 3.94. The molecule has 0 radical (unpaired) electrons. The van der Waals surface area contributed by atoms with Crippen LogP contribution in [0.4, 0.5) is 0 Å². The number of hydrogen-bond acceptors (Lipinski definition) is 2. The van der Waals surface area contributed by atoms with Gasteiger partial charge in [0.05, 0.1) is 0 Å². The van der Waals surface area contributed by atoms with E-state index in [9.17, 15) is 0 Å². The molecule has 0 bridgehead atoms. The average Bonchev–Trinajstić information content (AvgIpc) is 1.91. The summed E-state index contributed by atoms with van der Waals surface area (Å²) >= 11 is 0. The van der Waals surface area contributed by atoms with Gasteiger partial charge in [-0.1, -0.05) is 18.7 Å². The van der Waals surface area contributed by atoms with Crippen LogP contribution in [0, 0.1) is 0 Å². The molecule has 0 heterocycles. The second kappa shape index (κ2) is 5.54. The monoisotopic (exact) mass is 128 g/mol. The van der Waals surface area contributed by atoms with Crippen LogP contribution in [0.15, 0.2) is 24.8 Å². The van der Waals surface area contributed by atoms with Crippen molar-refractivity contribution in [2.45, 2.75) is 6.29 Å². The predicted octanol–water partition coefficient (Wildman–Crippen LogP) is 1.35. The van der Waals surface area contributed by atoms with Crippen molar-refractivity contribution in [1.82, 2.24) is 0 Å². The molecule has 0 aromatic heterocycles. The zero-order chi connectivity index (χ0) is 7.11. The molecule has 2 heteroatoms. The molecule has 9 heavy (non-hydrogen) atoms. The van der Waals surface area contributed by atoms with Crippen LogP contribution in [0.3, 0.4) is 0 Å². The maximum absolute atomic E-state index is 4.84. The highest BCUT2D eigenvalue weighted by atomic mass is 16.7. The third-order valence-electron chi connectivity index (χ3n) is 0.869. The fourth-order valence-electron chi connectivity index (χ4n) is 0.423. The van der Waals surface area contributed by atoms with Crippen molar-refractivity contribution >= 4 is 0 Å². The highest BCUT2D eigenvalue weighted by Crippen LogP contribution is 1.91. The molecule has 0 saturated heterocycles. The quantitative estimate of drug-likeness (QED) is 0.420. The van der Waals surface area contributed by atoms with Crippen molar-refractivity contribution in [3.63, 3.8) is 0 Å². The Morgan fingerprint density at radius 3 is 2.22 bits per heavy atom. The highest BCUT2D eigenvalue weighted by Gasteiger charge is 1.94. The maximum Gasteiger partial charge on any atom is 0.176 e. The summed E-state index contributed by atoms with van der Waals surface area (Å²) in [5.74, 6) is 0. The van der Waals surface area contributed by atoms with Crippen molar-refractivity contribution in [3.05, 3.63) is 24.8 Å². The van der Waals surface area contributed by atoms with E-state index in [-0.39, 0.29) is 6.29 Å². The highest BCUT2D eigenvalue weighted by molar-refractivity contribution is 4.98. The van der Waals surface area contributed by atoms with Crippen molar-refractivity contribution in [1.29, 1.82) is 0 Å². The van der Waals surface area contributed by atoms with Gasteiger partial charge in [-0.25, -0.2) is 0 Å². The van der Waals surface area contributed by atoms with E-state index < -0.39 is 0 Å². The first-order valence-electron chi connectivity index (χ1n) is 2.70. The first-order chi connectivity index (χ1) is 4.35. The molecular weight excluding hydrogens is 116 g/mol. The number of methoxy groups -OCH3 is 2. The topological polar surface area (TPSA) is 18.5 Å². The van der Waals surface area contributed by atoms with Crippen LogP contribution in [-0.4, -0.2) is 20.5 Å². The van der Waals surface area contributed by atoms with Crippen molar-refractivity contribution < 1.29 is 9.47 Å². The Morgan fingerprint density at radius 2 is 1.89 bits per heavy atom. The normalized spacial score (nSPS) is 11.0. The largest absolute Gasteiger partial charge is 0.352 e. The van der Waals surface area contributed by atoms with Crippen LogP contribution in [0.1, 0.15) is 0 Å². The molecular formula is C7H12O2. The van der Waals surface area contributed by atoms with Gasteiger partial charge in [-0.15, -0.1) is 0 Å². The Balaban J connectivity index is 3.53. The zero-order valence-electron chi connectivity index (χ0n) is 5.83. The smallest absolute Gasteiger partial charge is 0.176 e. The second-order valence-corrected chi connectivity index (χ2v) is 1.46. The van der Waals surface area contributed by atoms with E-state index in [1.165, 1.54) is 0 Å². The van der Waals surface area contributed by atoms with Gasteiger partial charge in [0.25, 0.3) is 0 Å². The average molecular weight is 128 g/mol. The zero-order valence-corrected chi connectivity index (χ0v) is 5.83. The molecule has 0 saturated carbocycles.